The average Bonchev–Trinajstić information content (AvgIpc) is 3.22. The zero-order chi connectivity index (χ0) is 29.1. The van der Waals surface area contributed by atoms with Crippen molar-refractivity contribution in [3.8, 4) is 5.88 Å². The van der Waals surface area contributed by atoms with Crippen molar-refractivity contribution in [2.75, 3.05) is 10.6 Å². The molecule has 220 valence electrons. The van der Waals surface area contributed by atoms with Gasteiger partial charge in [0.05, 0.1) is 5.56 Å². The fourth-order valence-electron chi connectivity index (χ4n) is 5.17. The van der Waals surface area contributed by atoms with Crippen molar-refractivity contribution in [3.05, 3.63) is 28.4 Å². The van der Waals surface area contributed by atoms with Crippen LogP contribution in [0, 0.1) is 5.92 Å². The molecule has 3 aromatic heterocycles. The first-order chi connectivity index (χ1) is 19.5. The number of nitrogens with one attached hydrogen (secondary N) is 3. The molecule has 0 aliphatic heterocycles. The minimum atomic E-state index is -3.06. The van der Waals surface area contributed by atoms with E-state index in [4.69, 9.17) is 0 Å². The quantitative estimate of drug-likeness (QED) is 0.317. The maximum Gasteiger partial charge on any atom is 0.388 e. The van der Waals surface area contributed by atoms with Crippen molar-refractivity contribution in [2.45, 2.75) is 69.3 Å². The molecular weight excluding hydrogens is 575 g/mol. The van der Waals surface area contributed by atoms with Gasteiger partial charge >= 0.3 is 6.61 Å². The minimum absolute atomic E-state index is 0.185. The number of nitrogens with zero attached hydrogens (tertiary/aromatic N) is 5. The maximum absolute atomic E-state index is 13.5. The molecule has 6 rings (SSSR count). The first-order valence-electron chi connectivity index (χ1n) is 12.9. The normalized spacial score (nSPS) is 24.4. The van der Waals surface area contributed by atoms with Crippen LogP contribution in [0.1, 0.15) is 52.5 Å². The lowest BCUT2D eigenvalue weighted by Gasteiger charge is -2.31. The van der Waals surface area contributed by atoms with E-state index < -0.39 is 42.9 Å². The highest BCUT2D eigenvalue weighted by atomic mass is 32.1. The van der Waals surface area contributed by atoms with Crippen molar-refractivity contribution >= 4 is 39.9 Å². The highest BCUT2D eigenvalue weighted by Crippen LogP contribution is 2.50. The van der Waals surface area contributed by atoms with Gasteiger partial charge in [0, 0.05) is 36.5 Å². The van der Waals surface area contributed by atoms with Crippen molar-refractivity contribution in [2.24, 2.45) is 13.0 Å². The van der Waals surface area contributed by atoms with Gasteiger partial charge in [-0.2, -0.15) is 8.78 Å². The van der Waals surface area contributed by atoms with E-state index in [0.29, 0.717) is 36.6 Å². The number of amides is 2. The molecule has 3 aliphatic rings. The van der Waals surface area contributed by atoms with Gasteiger partial charge in [0.15, 0.2) is 0 Å². The standard InChI is InChI=1S/C24H25F5N8O3S/c1-36-16(7-17(35-36)40-22(26)27)32-23-34-30-9-37(23)12-2-3-15-13(6-12)18(20(39)31-11-4-10(25)5-11)21(41-15)33-19(38)14-8-24(14,28)29/h7,9-12,14,22H,2-6,8H2,1H3,(H,31,39)(H,32,34)(H,33,38)/t10-,11-,12-,14+/m0/s1. The maximum atomic E-state index is 13.5. The summed E-state index contributed by atoms with van der Waals surface area (Å²) < 4.78 is 73.1. The molecule has 0 bridgehead atoms. The number of hydrogen-bond donors (Lipinski definition) is 3. The molecule has 3 heterocycles. The summed E-state index contributed by atoms with van der Waals surface area (Å²) in [6.07, 6.45) is 1.79. The summed E-state index contributed by atoms with van der Waals surface area (Å²) in [5, 5.41) is 20.5. The summed E-state index contributed by atoms with van der Waals surface area (Å²) >= 11 is 1.18. The number of aromatic nitrogens is 5. The molecule has 3 aliphatic carbocycles. The second kappa shape index (κ2) is 10.3. The van der Waals surface area contributed by atoms with Gasteiger partial charge in [-0.1, -0.05) is 0 Å². The Balaban J connectivity index is 1.25. The molecule has 2 saturated carbocycles. The number of anilines is 3. The second-order valence-electron chi connectivity index (χ2n) is 10.4. The van der Waals surface area contributed by atoms with E-state index in [1.807, 2.05) is 0 Å². The second-order valence-corrected chi connectivity index (χ2v) is 11.5. The molecule has 2 amide bonds. The fraction of sp³-hybridized carbons (Fsp3) is 0.542. The average molecular weight is 601 g/mol. The van der Waals surface area contributed by atoms with Crippen molar-refractivity contribution in [1.82, 2.24) is 29.9 Å². The fourth-order valence-corrected chi connectivity index (χ4v) is 6.42. The topological polar surface area (TPSA) is 128 Å². The van der Waals surface area contributed by atoms with E-state index in [0.717, 1.165) is 4.88 Å². The lowest BCUT2D eigenvalue weighted by atomic mass is 9.89. The summed E-state index contributed by atoms with van der Waals surface area (Å²) in [5.41, 5.74) is 0.850. The van der Waals surface area contributed by atoms with Gasteiger partial charge in [-0.25, -0.2) is 17.9 Å². The van der Waals surface area contributed by atoms with Gasteiger partial charge in [-0.3, -0.25) is 14.2 Å². The van der Waals surface area contributed by atoms with E-state index in [9.17, 15) is 31.5 Å². The number of ether oxygens (including phenoxy) is 1. The van der Waals surface area contributed by atoms with Gasteiger partial charge in [0.1, 0.15) is 29.2 Å². The predicted molar refractivity (Wildman–Crippen MR) is 136 cm³/mol. The van der Waals surface area contributed by atoms with Gasteiger partial charge in [0.2, 0.25) is 17.7 Å². The van der Waals surface area contributed by atoms with Crippen LogP contribution in [0.3, 0.4) is 0 Å². The number of aryl methyl sites for hydroxylation is 2. The predicted octanol–water partition coefficient (Wildman–Crippen LogP) is 3.97. The lowest BCUT2D eigenvalue weighted by molar-refractivity contribution is -0.119. The van der Waals surface area contributed by atoms with E-state index >= 15 is 0 Å². The lowest BCUT2D eigenvalue weighted by Crippen LogP contribution is -2.45. The number of rotatable bonds is 9. The first kappa shape index (κ1) is 27.4. The Morgan fingerprint density at radius 1 is 1.27 bits per heavy atom. The molecular formula is C24H25F5N8O3S. The minimum Gasteiger partial charge on any atom is -0.415 e. The molecule has 11 nitrogen and oxygen atoms in total. The molecule has 41 heavy (non-hydrogen) atoms. The van der Waals surface area contributed by atoms with E-state index in [1.54, 1.807) is 4.57 Å². The molecule has 0 radical (unpaired) electrons. The number of thiophene rings is 1. The summed E-state index contributed by atoms with van der Waals surface area (Å²) in [5.74, 6) is -5.52. The Bertz CT molecular complexity index is 1480. The Labute approximate surface area is 233 Å². The number of carbonyl (C=O) groups is 2. The zero-order valence-corrected chi connectivity index (χ0v) is 22.4. The molecule has 2 atom stereocenters. The van der Waals surface area contributed by atoms with Crippen molar-refractivity contribution in [3.63, 3.8) is 0 Å². The monoisotopic (exact) mass is 600 g/mol. The van der Waals surface area contributed by atoms with Gasteiger partial charge in [-0.15, -0.1) is 26.6 Å². The molecule has 0 aromatic carbocycles. The number of hydrogen-bond acceptors (Lipinski definition) is 8. The summed E-state index contributed by atoms with van der Waals surface area (Å²) in [6.45, 7) is -3.03. The van der Waals surface area contributed by atoms with Crippen LogP contribution in [0.15, 0.2) is 12.4 Å². The number of fused-ring (bicyclic) bond motifs is 1. The Kier molecular flexibility index (Phi) is 6.86. The van der Waals surface area contributed by atoms with Crippen LogP contribution in [0.5, 0.6) is 5.88 Å². The SMILES string of the molecule is Cn1nc(OC(F)F)cc1Nc1nncn1[C@H]1CCc2sc(NC(=O)[C@H]3CC3(F)F)c(C(=O)N[C@H]3C[C@H](F)C3)c2C1. The highest BCUT2D eigenvalue weighted by Gasteiger charge is 2.61. The van der Waals surface area contributed by atoms with Crippen LogP contribution >= 0.6 is 11.3 Å². The number of halogens is 5. The molecule has 3 aromatic rings. The van der Waals surface area contributed by atoms with E-state index in [2.05, 4.69) is 36.0 Å². The van der Waals surface area contributed by atoms with Gasteiger partial charge in [-0.05, 0) is 37.7 Å². The Morgan fingerprint density at radius 3 is 2.71 bits per heavy atom. The van der Waals surface area contributed by atoms with E-state index in [-0.39, 0.29) is 41.4 Å². The largest absolute Gasteiger partial charge is 0.415 e. The van der Waals surface area contributed by atoms with Crippen molar-refractivity contribution < 1.29 is 36.3 Å². The summed E-state index contributed by atoms with van der Waals surface area (Å²) in [6, 6.07) is 0.684. The van der Waals surface area contributed by atoms with Crippen LogP contribution in [-0.4, -0.2) is 61.1 Å². The summed E-state index contributed by atoms with van der Waals surface area (Å²) in [4.78, 5) is 26.7. The summed E-state index contributed by atoms with van der Waals surface area (Å²) in [7, 11) is 1.53. The van der Waals surface area contributed by atoms with Gasteiger partial charge in [0.25, 0.3) is 11.8 Å². The number of carbonyl (C=O) groups excluding carboxylic acids is 2. The third kappa shape index (κ3) is 5.46. The van der Waals surface area contributed by atoms with Crippen LogP contribution in [-0.2, 0) is 24.7 Å². The first-order valence-corrected chi connectivity index (χ1v) is 13.7. The molecule has 0 saturated heterocycles. The Hall–Kier alpha value is -3.76. The number of alkyl halides is 5. The van der Waals surface area contributed by atoms with Crippen LogP contribution in [0.4, 0.5) is 38.7 Å². The van der Waals surface area contributed by atoms with Crippen LogP contribution < -0.4 is 20.7 Å². The third-order valence-electron chi connectivity index (χ3n) is 7.53. The molecule has 0 unspecified atom stereocenters. The van der Waals surface area contributed by atoms with Crippen molar-refractivity contribution in [1.29, 1.82) is 0 Å². The highest BCUT2D eigenvalue weighted by molar-refractivity contribution is 7.17. The molecule has 17 heteroatoms. The zero-order valence-electron chi connectivity index (χ0n) is 21.5. The smallest absolute Gasteiger partial charge is 0.388 e. The molecule has 3 N–H and O–H groups in total. The molecule has 0 spiro atoms. The Morgan fingerprint density at radius 2 is 2.02 bits per heavy atom. The van der Waals surface area contributed by atoms with Crippen LogP contribution in [0.25, 0.3) is 0 Å². The van der Waals surface area contributed by atoms with E-state index in [1.165, 1.54) is 35.5 Å². The molecule has 2 fully saturated rings. The van der Waals surface area contributed by atoms with Gasteiger partial charge < -0.3 is 20.7 Å². The third-order valence-corrected chi connectivity index (χ3v) is 8.74. The van der Waals surface area contributed by atoms with Crippen LogP contribution in [0.2, 0.25) is 0 Å².